The van der Waals surface area contributed by atoms with Crippen LogP contribution < -0.4 is 16.0 Å². The smallest absolute Gasteiger partial charge is 0.120 e. The van der Waals surface area contributed by atoms with Crippen molar-refractivity contribution in [2.24, 2.45) is 5.84 Å². The van der Waals surface area contributed by atoms with Gasteiger partial charge in [0.1, 0.15) is 12.4 Å². The molecule has 1 heterocycles. The minimum Gasteiger partial charge on any atom is -0.492 e. The first kappa shape index (κ1) is 12.4. The number of nitrogens with two attached hydrogens (primary N) is 1. The van der Waals surface area contributed by atoms with E-state index in [1.54, 1.807) is 17.4 Å². The quantitative estimate of drug-likeness (QED) is 0.647. The van der Waals surface area contributed by atoms with Crippen molar-refractivity contribution in [2.75, 3.05) is 6.61 Å². The van der Waals surface area contributed by atoms with Gasteiger partial charge in [0.15, 0.2) is 0 Å². The molecule has 17 heavy (non-hydrogen) atoms. The van der Waals surface area contributed by atoms with Gasteiger partial charge in [-0.25, -0.2) is 5.43 Å². The van der Waals surface area contributed by atoms with Crippen LogP contribution in [0.5, 0.6) is 5.75 Å². The fourth-order valence-corrected chi connectivity index (χ4v) is 2.34. The minimum absolute atomic E-state index is 0.0137. The molecule has 0 fully saturated rings. The Bertz CT molecular complexity index is 461. The van der Waals surface area contributed by atoms with Gasteiger partial charge in [0.05, 0.1) is 6.04 Å². The molecule has 3 nitrogen and oxygen atoms in total. The molecular formula is C12H13ClN2OS. The number of nitrogens with one attached hydrogen (secondary N) is 1. The van der Waals surface area contributed by atoms with Gasteiger partial charge in [-0.2, -0.15) is 11.3 Å². The highest BCUT2D eigenvalue weighted by molar-refractivity contribution is 7.07. The summed E-state index contributed by atoms with van der Waals surface area (Å²) in [6, 6.07) is 9.33. The van der Waals surface area contributed by atoms with E-state index < -0.39 is 0 Å². The van der Waals surface area contributed by atoms with Crippen molar-refractivity contribution in [2.45, 2.75) is 6.04 Å². The van der Waals surface area contributed by atoms with Crippen LogP contribution in [0.3, 0.4) is 0 Å². The van der Waals surface area contributed by atoms with Crippen molar-refractivity contribution < 1.29 is 4.74 Å². The maximum Gasteiger partial charge on any atom is 0.120 e. The van der Waals surface area contributed by atoms with Gasteiger partial charge in [0.25, 0.3) is 0 Å². The van der Waals surface area contributed by atoms with Gasteiger partial charge in [0, 0.05) is 5.02 Å². The largest absolute Gasteiger partial charge is 0.492 e. The summed E-state index contributed by atoms with van der Waals surface area (Å²) in [6.45, 7) is 0.466. The summed E-state index contributed by atoms with van der Waals surface area (Å²) in [4.78, 5) is 0. The standard InChI is InChI=1S/C12H13ClN2OS/c13-10-2-1-3-11(6-10)16-7-12(15-14)9-4-5-17-8-9/h1-6,8,12,15H,7,14H2. The summed E-state index contributed by atoms with van der Waals surface area (Å²) in [5.41, 5.74) is 3.86. The van der Waals surface area contributed by atoms with Gasteiger partial charge in [-0.05, 0) is 40.6 Å². The van der Waals surface area contributed by atoms with Gasteiger partial charge >= 0.3 is 0 Å². The van der Waals surface area contributed by atoms with E-state index in [4.69, 9.17) is 22.2 Å². The van der Waals surface area contributed by atoms with Gasteiger partial charge in [0.2, 0.25) is 0 Å². The summed E-state index contributed by atoms with van der Waals surface area (Å²) in [7, 11) is 0. The molecule has 2 aromatic rings. The Kier molecular flexibility index (Phi) is 4.39. The Morgan fingerprint density at radius 2 is 2.29 bits per heavy atom. The summed E-state index contributed by atoms with van der Waals surface area (Å²) in [5, 5.41) is 4.72. The molecule has 5 heteroatoms. The van der Waals surface area contributed by atoms with Crippen LogP contribution in [0.4, 0.5) is 0 Å². The van der Waals surface area contributed by atoms with E-state index in [2.05, 4.69) is 5.43 Å². The maximum absolute atomic E-state index is 5.87. The van der Waals surface area contributed by atoms with Crippen LogP contribution in [0.15, 0.2) is 41.1 Å². The zero-order valence-electron chi connectivity index (χ0n) is 9.10. The summed E-state index contributed by atoms with van der Waals surface area (Å²) in [5.74, 6) is 6.25. The highest BCUT2D eigenvalue weighted by Crippen LogP contribution is 2.20. The summed E-state index contributed by atoms with van der Waals surface area (Å²) >= 11 is 7.51. The number of hydrazine groups is 1. The molecule has 0 aliphatic rings. The molecule has 0 aliphatic heterocycles. The zero-order valence-corrected chi connectivity index (χ0v) is 10.7. The highest BCUT2D eigenvalue weighted by Gasteiger charge is 2.10. The molecule has 0 saturated heterocycles. The van der Waals surface area contributed by atoms with Crippen LogP contribution in [0, 0.1) is 0 Å². The van der Waals surface area contributed by atoms with Crippen LogP contribution >= 0.6 is 22.9 Å². The third-order valence-electron chi connectivity index (χ3n) is 2.36. The number of thiophene rings is 1. The molecule has 1 aromatic heterocycles. The molecule has 0 aliphatic carbocycles. The molecule has 0 radical (unpaired) electrons. The van der Waals surface area contributed by atoms with Crippen LogP contribution in [-0.2, 0) is 0 Å². The van der Waals surface area contributed by atoms with Crippen LogP contribution in [-0.4, -0.2) is 6.61 Å². The van der Waals surface area contributed by atoms with Crippen LogP contribution in [0.1, 0.15) is 11.6 Å². The molecular weight excluding hydrogens is 256 g/mol. The molecule has 1 unspecified atom stereocenters. The van der Waals surface area contributed by atoms with E-state index in [9.17, 15) is 0 Å². The second kappa shape index (κ2) is 6.02. The van der Waals surface area contributed by atoms with E-state index in [1.165, 1.54) is 0 Å². The Labute approximate surface area is 109 Å². The Morgan fingerprint density at radius 3 is 2.94 bits per heavy atom. The van der Waals surface area contributed by atoms with Crippen molar-refractivity contribution in [1.82, 2.24) is 5.43 Å². The predicted molar refractivity (Wildman–Crippen MR) is 71.3 cm³/mol. The molecule has 2 rings (SSSR count). The first-order valence-corrected chi connectivity index (χ1v) is 6.48. The molecule has 0 bridgehead atoms. The number of benzene rings is 1. The maximum atomic E-state index is 5.87. The lowest BCUT2D eigenvalue weighted by atomic mass is 10.2. The average Bonchev–Trinajstić information content (AvgIpc) is 2.84. The number of ether oxygens (including phenoxy) is 1. The molecule has 90 valence electrons. The van der Waals surface area contributed by atoms with Gasteiger partial charge < -0.3 is 4.74 Å². The summed E-state index contributed by atoms with van der Waals surface area (Å²) < 4.78 is 5.64. The number of rotatable bonds is 5. The monoisotopic (exact) mass is 268 g/mol. The van der Waals surface area contributed by atoms with Crippen LogP contribution in [0.2, 0.25) is 5.02 Å². The van der Waals surface area contributed by atoms with Crippen LogP contribution in [0.25, 0.3) is 0 Å². The van der Waals surface area contributed by atoms with Crippen molar-refractivity contribution >= 4 is 22.9 Å². The van der Waals surface area contributed by atoms with Gasteiger partial charge in [-0.3, -0.25) is 5.84 Å². The number of halogens is 1. The number of hydrogen-bond acceptors (Lipinski definition) is 4. The second-order valence-corrected chi connectivity index (χ2v) is 4.76. The van der Waals surface area contributed by atoms with E-state index in [0.717, 1.165) is 11.3 Å². The highest BCUT2D eigenvalue weighted by atomic mass is 35.5. The lowest BCUT2D eigenvalue weighted by Crippen LogP contribution is -2.32. The van der Waals surface area contributed by atoms with Crippen molar-refractivity contribution in [3.8, 4) is 5.75 Å². The van der Waals surface area contributed by atoms with E-state index in [1.807, 2.05) is 35.0 Å². The average molecular weight is 269 g/mol. The second-order valence-electron chi connectivity index (χ2n) is 3.54. The van der Waals surface area contributed by atoms with Crippen molar-refractivity contribution in [1.29, 1.82) is 0 Å². The fourth-order valence-electron chi connectivity index (χ4n) is 1.45. The van der Waals surface area contributed by atoms with Crippen molar-refractivity contribution in [3.63, 3.8) is 0 Å². The lowest BCUT2D eigenvalue weighted by Gasteiger charge is -2.15. The Balaban J connectivity index is 1.97. The van der Waals surface area contributed by atoms with E-state index in [-0.39, 0.29) is 6.04 Å². The molecule has 0 spiro atoms. The molecule has 1 aromatic carbocycles. The molecule has 0 saturated carbocycles. The van der Waals surface area contributed by atoms with Gasteiger partial charge in [-0.15, -0.1) is 0 Å². The van der Waals surface area contributed by atoms with E-state index in [0.29, 0.717) is 11.6 Å². The SMILES string of the molecule is NNC(COc1cccc(Cl)c1)c1ccsc1. The van der Waals surface area contributed by atoms with Crippen molar-refractivity contribution in [3.05, 3.63) is 51.7 Å². The first-order chi connectivity index (χ1) is 8.29. The van der Waals surface area contributed by atoms with Gasteiger partial charge in [-0.1, -0.05) is 17.7 Å². The topological polar surface area (TPSA) is 47.3 Å². The normalized spacial score (nSPS) is 12.4. The van der Waals surface area contributed by atoms with E-state index >= 15 is 0 Å². The predicted octanol–water partition coefficient (Wildman–Crippen LogP) is 2.98. The molecule has 0 amide bonds. The summed E-state index contributed by atoms with van der Waals surface area (Å²) in [6.07, 6.45) is 0. The first-order valence-electron chi connectivity index (χ1n) is 5.16. The Morgan fingerprint density at radius 1 is 1.41 bits per heavy atom. The zero-order chi connectivity index (χ0) is 12.1. The number of hydrogen-bond donors (Lipinski definition) is 2. The fraction of sp³-hybridized carbons (Fsp3) is 0.167. The third-order valence-corrected chi connectivity index (χ3v) is 3.30. The third kappa shape index (κ3) is 3.44. The lowest BCUT2D eigenvalue weighted by molar-refractivity contribution is 0.268. The molecule has 3 N–H and O–H groups in total. The minimum atomic E-state index is -0.0137. The Hall–Kier alpha value is -1.07. The molecule has 1 atom stereocenters.